The predicted molar refractivity (Wildman–Crippen MR) is 88.9 cm³/mol. The third-order valence-corrected chi connectivity index (χ3v) is 4.63. The first-order chi connectivity index (χ1) is 10.9. The van der Waals surface area contributed by atoms with E-state index >= 15 is 0 Å². The van der Waals surface area contributed by atoms with Crippen LogP contribution in [0.5, 0.6) is 5.75 Å². The van der Waals surface area contributed by atoms with E-state index in [0.29, 0.717) is 24.0 Å². The van der Waals surface area contributed by atoms with E-state index in [2.05, 4.69) is 0 Å². The fourth-order valence-electron chi connectivity index (χ4n) is 2.53. The van der Waals surface area contributed by atoms with E-state index in [1.54, 1.807) is 18.2 Å². The Bertz CT molecular complexity index is 878. The van der Waals surface area contributed by atoms with Crippen LogP contribution in [-0.4, -0.2) is 14.2 Å². The summed E-state index contributed by atoms with van der Waals surface area (Å²) in [7, 11) is -3.87. The number of benzene rings is 2. The van der Waals surface area contributed by atoms with E-state index in [1.807, 2.05) is 31.2 Å². The first-order valence-electron chi connectivity index (χ1n) is 7.29. The molecule has 2 aromatic carbocycles. The number of aryl methyl sites for hydroxylation is 1. The van der Waals surface area contributed by atoms with Crippen molar-refractivity contribution in [3.8, 4) is 5.75 Å². The van der Waals surface area contributed by atoms with Gasteiger partial charge in [-0.2, -0.15) is 8.42 Å². The van der Waals surface area contributed by atoms with Gasteiger partial charge >= 0.3 is 10.1 Å². The third kappa shape index (κ3) is 3.51. The van der Waals surface area contributed by atoms with Gasteiger partial charge in [0.15, 0.2) is 5.78 Å². The lowest BCUT2D eigenvalue weighted by Crippen LogP contribution is -2.07. The zero-order chi connectivity index (χ0) is 16.4. The summed E-state index contributed by atoms with van der Waals surface area (Å²) in [5.41, 5.74) is 3.10. The van der Waals surface area contributed by atoms with Crippen molar-refractivity contribution >= 4 is 22.0 Å². The number of hydrogen-bond donors (Lipinski definition) is 0. The van der Waals surface area contributed by atoms with Crippen LogP contribution < -0.4 is 4.18 Å². The summed E-state index contributed by atoms with van der Waals surface area (Å²) in [5.74, 6) is 0.264. The molecule has 0 fully saturated rings. The normalized spacial score (nSPS) is 14.2. The summed E-state index contributed by atoms with van der Waals surface area (Å²) in [5, 5.41) is 1.04. The number of fused-ring (bicyclic) bond motifs is 1. The van der Waals surface area contributed by atoms with Gasteiger partial charge < -0.3 is 4.18 Å². The maximum absolute atomic E-state index is 12.1. The number of hydrogen-bond acceptors (Lipinski definition) is 4. The molecule has 0 radical (unpaired) electrons. The van der Waals surface area contributed by atoms with Crippen LogP contribution in [0.4, 0.5) is 0 Å². The first-order valence-corrected chi connectivity index (χ1v) is 8.76. The molecule has 0 N–H and O–H groups in total. The number of Topliss-reactive ketones (excluding diaryl/α,β-unsaturated/α-hetero) is 1. The number of carbonyl (C=O) groups is 1. The molecule has 0 unspecified atom stereocenters. The Labute approximate surface area is 135 Å². The fraction of sp³-hybridized carbons (Fsp3) is 0.167. The Balaban J connectivity index is 1.82. The molecule has 118 valence electrons. The average Bonchev–Trinajstić information content (AvgIpc) is 2.89. The summed E-state index contributed by atoms with van der Waals surface area (Å²) in [6.45, 7) is 1.96. The van der Waals surface area contributed by atoms with Crippen LogP contribution in [0.1, 0.15) is 33.5 Å². The van der Waals surface area contributed by atoms with Gasteiger partial charge in [-0.15, -0.1) is 0 Å². The molecular formula is C18H16O4S. The molecule has 1 aliphatic carbocycles. The van der Waals surface area contributed by atoms with Gasteiger partial charge in [-0.1, -0.05) is 42.0 Å². The maximum atomic E-state index is 12.1. The minimum atomic E-state index is -3.87. The molecule has 0 bridgehead atoms. The zero-order valence-electron chi connectivity index (χ0n) is 12.7. The highest BCUT2D eigenvalue weighted by atomic mass is 32.2. The average molecular weight is 328 g/mol. The highest BCUT2D eigenvalue weighted by Gasteiger charge is 2.24. The van der Waals surface area contributed by atoms with Gasteiger partial charge in [-0.05, 0) is 31.1 Å². The van der Waals surface area contributed by atoms with Crippen LogP contribution in [0.3, 0.4) is 0 Å². The highest BCUT2D eigenvalue weighted by molar-refractivity contribution is 7.90. The van der Waals surface area contributed by atoms with Crippen LogP contribution in [0, 0.1) is 6.92 Å². The summed E-state index contributed by atoms with van der Waals surface area (Å²) >= 11 is 0. The van der Waals surface area contributed by atoms with Crippen LogP contribution >= 0.6 is 0 Å². The van der Waals surface area contributed by atoms with Gasteiger partial charge in [0.1, 0.15) is 5.75 Å². The van der Waals surface area contributed by atoms with Crippen molar-refractivity contribution in [2.24, 2.45) is 0 Å². The molecule has 0 saturated carbocycles. The van der Waals surface area contributed by atoms with E-state index < -0.39 is 10.1 Å². The quantitative estimate of drug-likeness (QED) is 0.806. The van der Waals surface area contributed by atoms with Crippen molar-refractivity contribution in [1.82, 2.24) is 0 Å². The monoisotopic (exact) mass is 328 g/mol. The second-order valence-corrected chi connectivity index (χ2v) is 6.92. The van der Waals surface area contributed by atoms with Crippen molar-refractivity contribution in [1.29, 1.82) is 0 Å². The molecule has 0 saturated heterocycles. The Morgan fingerprint density at radius 2 is 1.78 bits per heavy atom. The lowest BCUT2D eigenvalue weighted by molar-refractivity contribution is 0.0994. The molecule has 0 aromatic heterocycles. The molecule has 5 heteroatoms. The van der Waals surface area contributed by atoms with Gasteiger partial charge in [0.05, 0.1) is 5.41 Å². The first kappa shape index (κ1) is 15.5. The molecule has 1 aliphatic rings. The van der Waals surface area contributed by atoms with Gasteiger partial charge in [0, 0.05) is 17.5 Å². The van der Waals surface area contributed by atoms with Crippen molar-refractivity contribution in [2.45, 2.75) is 19.8 Å². The van der Waals surface area contributed by atoms with Gasteiger partial charge in [0.2, 0.25) is 0 Å². The Morgan fingerprint density at radius 1 is 1.04 bits per heavy atom. The third-order valence-electron chi connectivity index (χ3n) is 3.75. The number of rotatable bonds is 4. The van der Waals surface area contributed by atoms with E-state index in [-0.39, 0.29) is 11.5 Å². The summed E-state index contributed by atoms with van der Waals surface area (Å²) in [4.78, 5) is 11.7. The topological polar surface area (TPSA) is 60.4 Å². The molecule has 0 atom stereocenters. The largest absolute Gasteiger partial charge is 0.379 e. The van der Waals surface area contributed by atoms with Crippen molar-refractivity contribution in [3.05, 3.63) is 70.1 Å². The second kappa shape index (κ2) is 6.01. The molecule has 3 rings (SSSR count). The van der Waals surface area contributed by atoms with Crippen molar-refractivity contribution in [3.63, 3.8) is 0 Å². The molecule has 2 aromatic rings. The number of carbonyl (C=O) groups excluding carboxylic acids is 1. The smallest absolute Gasteiger partial charge is 0.332 e. The van der Waals surface area contributed by atoms with Crippen LogP contribution in [-0.2, 0) is 16.5 Å². The summed E-state index contributed by atoms with van der Waals surface area (Å²) < 4.78 is 29.4. The van der Waals surface area contributed by atoms with Crippen LogP contribution in [0.15, 0.2) is 47.9 Å². The van der Waals surface area contributed by atoms with E-state index in [1.165, 1.54) is 6.08 Å². The van der Waals surface area contributed by atoms with Crippen LogP contribution in [0.25, 0.3) is 6.08 Å². The fourth-order valence-corrected chi connectivity index (χ4v) is 3.31. The van der Waals surface area contributed by atoms with Gasteiger partial charge in [-0.25, -0.2) is 0 Å². The van der Waals surface area contributed by atoms with E-state index in [9.17, 15) is 13.2 Å². The lowest BCUT2D eigenvalue weighted by atomic mass is 10.1. The van der Waals surface area contributed by atoms with Crippen molar-refractivity contribution in [2.75, 3.05) is 0 Å². The molecule has 0 heterocycles. The molecular weight excluding hydrogens is 312 g/mol. The SMILES string of the molecule is Cc1ccc(/C=C/S(=O)(=O)Oc2cccc3c2CCC3=O)cc1. The summed E-state index contributed by atoms with van der Waals surface area (Å²) in [6.07, 6.45) is 2.40. The maximum Gasteiger partial charge on any atom is 0.332 e. The summed E-state index contributed by atoms with van der Waals surface area (Å²) in [6, 6.07) is 12.4. The van der Waals surface area contributed by atoms with Gasteiger partial charge in [0.25, 0.3) is 0 Å². The van der Waals surface area contributed by atoms with E-state index in [4.69, 9.17) is 4.18 Å². The molecule has 0 spiro atoms. The highest BCUT2D eigenvalue weighted by Crippen LogP contribution is 2.31. The van der Waals surface area contributed by atoms with Gasteiger partial charge in [-0.3, -0.25) is 4.79 Å². The molecule has 23 heavy (non-hydrogen) atoms. The molecule has 4 nitrogen and oxygen atoms in total. The Hall–Kier alpha value is -2.40. The lowest BCUT2D eigenvalue weighted by Gasteiger charge is -2.08. The Kier molecular flexibility index (Phi) is 4.05. The van der Waals surface area contributed by atoms with E-state index in [0.717, 1.165) is 16.5 Å². The standard InChI is InChI=1S/C18H16O4S/c1-13-5-7-14(8-6-13)11-12-23(20,21)22-18-4-2-3-15-16(18)9-10-17(15)19/h2-8,11-12H,9-10H2,1H3/b12-11+. The van der Waals surface area contributed by atoms with Crippen molar-refractivity contribution < 1.29 is 17.4 Å². The predicted octanol–water partition coefficient (Wildman–Crippen LogP) is 3.50. The van der Waals surface area contributed by atoms with Crippen LogP contribution in [0.2, 0.25) is 0 Å². The Morgan fingerprint density at radius 3 is 2.52 bits per heavy atom. The zero-order valence-corrected chi connectivity index (χ0v) is 13.5. The second-order valence-electron chi connectivity index (χ2n) is 5.50. The number of ketones is 1. The minimum absolute atomic E-state index is 0.0260. The molecule has 0 aliphatic heterocycles. The minimum Gasteiger partial charge on any atom is -0.379 e. The molecule has 0 amide bonds.